The highest BCUT2D eigenvalue weighted by Crippen LogP contribution is 2.08. The molecule has 0 bridgehead atoms. The zero-order chi connectivity index (χ0) is 8.36. The first-order chi connectivity index (χ1) is 5.41. The minimum Gasteiger partial charge on any atom is -0.0654 e. The van der Waals surface area contributed by atoms with Crippen LogP contribution in [-0.2, 0) is 0 Å². The summed E-state index contributed by atoms with van der Waals surface area (Å²) in [4.78, 5) is 0. The molecule has 0 amide bonds. The highest BCUT2D eigenvalue weighted by molar-refractivity contribution is 4.46. The molecule has 0 fully saturated rings. The molecule has 0 aromatic carbocycles. The molecule has 0 spiro atoms. The summed E-state index contributed by atoms with van der Waals surface area (Å²) in [5.74, 6) is 0. The lowest BCUT2D eigenvalue weighted by molar-refractivity contribution is 0.577. The Morgan fingerprint density at radius 2 is 1.18 bits per heavy atom. The Bertz CT molecular complexity index is 49.1. The van der Waals surface area contributed by atoms with Gasteiger partial charge in [-0.05, 0) is 12.8 Å². The van der Waals surface area contributed by atoms with Crippen LogP contribution in [0.25, 0.3) is 0 Å². The van der Waals surface area contributed by atoms with Crippen LogP contribution in [0, 0.1) is 6.92 Å². The lowest BCUT2D eigenvalue weighted by atomic mass is 10.1. The van der Waals surface area contributed by atoms with Gasteiger partial charge in [-0.25, -0.2) is 0 Å². The fourth-order valence-electron chi connectivity index (χ4n) is 1.31. The molecular weight excluding hydrogens is 132 g/mol. The van der Waals surface area contributed by atoms with Gasteiger partial charge in [0.1, 0.15) is 0 Å². The van der Waals surface area contributed by atoms with Crippen molar-refractivity contribution in [2.75, 3.05) is 0 Å². The van der Waals surface area contributed by atoms with Crippen molar-refractivity contribution in [3.05, 3.63) is 6.92 Å². The summed E-state index contributed by atoms with van der Waals surface area (Å²) >= 11 is 0. The molecule has 0 aromatic rings. The second-order valence-electron chi connectivity index (χ2n) is 3.33. The van der Waals surface area contributed by atoms with Crippen LogP contribution in [0.5, 0.6) is 0 Å². The molecule has 66 valence electrons. The summed E-state index contributed by atoms with van der Waals surface area (Å²) in [6.45, 7) is 6.10. The monoisotopic (exact) mass is 155 g/mol. The summed E-state index contributed by atoms with van der Waals surface area (Å²) in [6.07, 6.45) is 12.4. The third-order valence-corrected chi connectivity index (χ3v) is 2.10. The van der Waals surface area contributed by atoms with Crippen molar-refractivity contribution in [3.63, 3.8) is 0 Å². The van der Waals surface area contributed by atoms with E-state index in [1.807, 2.05) is 0 Å². The average molecular weight is 155 g/mol. The van der Waals surface area contributed by atoms with Gasteiger partial charge in [0.15, 0.2) is 0 Å². The second-order valence-corrected chi connectivity index (χ2v) is 3.33. The van der Waals surface area contributed by atoms with Crippen molar-refractivity contribution in [2.45, 2.75) is 64.7 Å². The molecule has 0 saturated carbocycles. The zero-order valence-corrected chi connectivity index (χ0v) is 8.07. The number of hydrogen-bond acceptors (Lipinski definition) is 0. The van der Waals surface area contributed by atoms with E-state index in [2.05, 4.69) is 13.8 Å². The van der Waals surface area contributed by atoms with Crippen LogP contribution >= 0.6 is 0 Å². The minimum atomic E-state index is 1.12. The predicted octanol–water partition coefficient (Wildman–Crippen LogP) is 4.35. The predicted molar refractivity (Wildman–Crippen MR) is 52.6 cm³/mol. The van der Waals surface area contributed by atoms with Gasteiger partial charge in [0.2, 0.25) is 0 Å². The summed E-state index contributed by atoms with van der Waals surface area (Å²) < 4.78 is 0. The Kier molecular flexibility index (Phi) is 9.75. The Morgan fingerprint density at radius 3 is 1.64 bits per heavy atom. The first-order valence-electron chi connectivity index (χ1n) is 5.21. The van der Waals surface area contributed by atoms with Crippen LogP contribution < -0.4 is 0 Å². The highest BCUT2D eigenvalue weighted by Gasteiger charge is 1.90. The Morgan fingerprint density at radius 1 is 0.727 bits per heavy atom. The van der Waals surface area contributed by atoms with E-state index < -0.39 is 0 Å². The highest BCUT2D eigenvalue weighted by atomic mass is 13.9. The lowest BCUT2D eigenvalue weighted by Crippen LogP contribution is -1.79. The Labute approximate surface area is 72.4 Å². The van der Waals surface area contributed by atoms with Gasteiger partial charge < -0.3 is 0 Å². The number of rotatable bonds is 8. The molecule has 0 aromatic heterocycles. The van der Waals surface area contributed by atoms with Crippen molar-refractivity contribution >= 4 is 0 Å². The van der Waals surface area contributed by atoms with Crippen LogP contribution in [0.4, 0.5) is 0 Å². The molecule has 11 heavy (non-hydrogen) atoms. The van der Waals surface area contributed by atoms with Gasteiger partial charge in [-0.2, -0.15) is 0 Å². The standard InChI is InChI=1S/C11H23/c1-3-5-7-9-11-10-8-6-4-2/h1,3-11H2,2H3/q+1. The molecule has 0 aliphatic rings. The topological polar surface area (TPSA) is 0 Å². The van der Waals surface area contributed by atoms with Crippen molar-refractivity contribution in [2.24, 2.45) is 0 Å². The summed E-state index contributed by atoms with van der Waals surface area (Å²) in [5.41, 5.74) is 0. The molecule has 0 saturated heterocycles. The smallest absolute Gasteiger partial charge is 0.0654 e. The van der Waals surface area contributed by atoms with Crippen LogP contribution in [0.15, 0.2) is 0 Å². The van der Waals surface area contributed by atoms with Crippen LogP contribution in [-0.4, -0.2) is 0 Å². The lowest BCUT2D eigenvalue weighted by Gasteiger charge is -1.98. The van der Waals surface area contributed by atoms with E-state index in [0.29, 0.717) is 0 Å². The van der Waals surface area contributed by atoms with E-state index in [1.54, 1.807) is 0 Å². The third-order valence-electron chi connectivity index (χ3n) is 2.10. The molecule has 0 aliphatic heterocycles. The Balaban J connectivity index is 2.69. The third kappa shape index (κ3) is 9.87. The normalized spacial score (nSPS) is 10.3. The summed E-state index contributed by atoms with van der Waals surface area (Å²) in [7, 11) is 0. The van der Waals surface area contributed by atoms with E-state index in [0.717, 1.165) is 6.42 Å². The minimum absolute atomic E-state index is 1.12. The fraction of sp³-hybridized carbons (Fsp3) is 0.909. The maximum Gasteiger partial charge on any atom is 0.0850 e. The number of unbranched alkanes of at least 4 members (excludes halogenated alkanes) is 8. The Hall–Kier alpha value is -0.130. The van der Waals surface area contributed by atoms with E-state index in [4.69, 9.17) is 0 Å². The first-order valence-corrected chi connectivity index (χ1v) is 5.21. The van der Waals surface area contributed by atoms with E-state index in [9.17, 15) is 0 Å². The molecule has 0 radical (unpaired) electrons. The van der Waals surface area contributed by atoms with Gasteiger partial charge in [0, 0.05) is 0 Å². The van der Waals surface area contributed by atoms with E-state index >= 15 is 0 Å². The quantitative estimate of drug-likeness (QED) is 0.361. The zero-order valence-electron chi connectivity index (χ0n) is 8.07. The number of hydrogen-bond donors (Lipinski definition) is 0. The van der Waals surface area contributed by atoms with Gasteiger partial charge in [-0.15, -0.1) is 0 Å². The molecule has 0 aliphatic carbocycles. The van der Waals surface area contributed by atoms with Crippen LogP contribution in [0.2, 0.25) is 0 Å². The van der Waals surface area contributed by atoms with E-state index in [-0.39, 0.29) is 0 Å². The van der Waals surface area contributed by atoms with Gasteiger partial charge in [0.25, 0.3) is 0 Å². The maximum absolute atomic E-state index is 3.83. The van der Waals surface area contributed by atoms with Crippen LogP contribution in [0.3, 0.4) is 0 Å². The fourth-order valence-corrected chi connectivity index (χ4v) is 1.31. The van der Waals surface area contributed by atoms with Crippen molar-refractivity contribution in [3.8, 4) is 0 Å². The summed E-state index contributed by atoms with van der Waals surface area (Å²) in [6, 6.07) is 0. The molecular formula is C11H23+. The van der Waals surface area contributed by atoms with Crippen LogP contribution in [0.1, 0.15) is 64.7 Å². The van der Waals surface area contributed by atoms with Crippen molar-refractivity contribution < 1.29 is 0 Å². The average Bonchev–Trinajstić information content (AvgIpc) is 2.03. The SMILES string of the molecule is [CH2+]CCCCCCCCCC. The largest absolute Gasteiger partial charge is 0.0850 e. The molecule has 0 unspecified atom stereocenters. The van der Waals surface area contributed by atoms with Gasteiger partial charge in [0.05, 0.1) is 13.3 Å². The molecule has 0 heteroatoms. The summed E-state index contributed by atoms with van der Waals surface area (Å²) in [5, 5.41) is 0. The maximum atomic E-state index is 3.83. The first kappa shape index (κ1) is 10.9. The second kappa shape index (κ2) is 9.87. The van der Waals surface area contributed by atoms with Gasteiger partial charge in [-0.1, -0.05) is 45.4 Å². The molecule has 0 N–H and O–H groups in total. The van der Waals surface area contributed by atoms with Gasteiger partial charge in [-0.3, -0.25) is 0 Å². The molecule has 0 rings (SSSR count). The van der Waals surface area contributed by atoms with E-state index in [1.165, 1.54) is 51.4 Å². The van der Waals surface area contributed by atoms with Crippen molar-refractivity contribution in [1.29, 1.82) is 0 Å². The van der Waals surface area contributed by atoms with Gasteiger partial charge >= 0.3 is 0 Å². The molecule has 0 atom stereocenters. The molecule has 0 nitrogen and oxygen atoms in total. The molecule has 0 heterocycles. The van der Waals surface area contributed by atoms with Crippen molar-refractivity contribution in [1.82, 2.24) is 0 Å².